The van der Waals surface area contributed by atoms with Crippen LogP contribution in [0.15, 0.2) is 12.1 Å². The van der Waals surface area contributed by atoms with Crippen molar-refractivity contribution >= 4 is 5.82 Å². The molecule has 0 amide bonds. The van der Waals surface area contributed by atoms with Crippen molar-refractivity contribution in [2.45, 2.75) is 52.0 Å². The van der Waals surface area contributed by atoms with Gasteiger partial charge in [0.05, 0.1) is 12.3 Å². The van der Waals surface area contributed by atoms with Gasteiger partial charge >= 0.3 is 0 Å². The van der Waals surface area contributed by atoms with Crippen LogP contribution in [-0.4, -0.2) is 59.5 Å². The van der Waals surface area contributed by atoms with E-state index in [0.29, 0.717) is 11.9 Å². The molecule has 4 rings (SSSR count). The van der Waals surface area contributed by atoms with Crippen molar-refractivity contribution in [1.82, 2.24) is 20.1 Å². The van der Waals surface area contributed by atoms with Gasteiger partial charge in [0.25, 0.3) is 0 Å². The lowest BCUT2D eigenvalue weighted by molar-refractivity contribution is 0.132. The molecule has 3 heterocycles. The molecule has 1 aliphatic heterocycles. The van der Waals surface area contributed by atoms with Crippen LogP contribution < -0.4 is 5.32 Å². The Labute approximate surface area is 172 Å². The van der Waals surface area contributed by atoms with Crippen LogP contribution in [0.25, 0.3) is 11.3 Å². The first-order chi connectivity index (χ1) is 13.9. The van der Waals surface area contributed by atoms with E-state index in [2.05, 4.69) is 39.2 Å². The molecule has 2 aromatic rings. The van der Waals surface area contributed by atoms with E-state index >= 15 is 0 Å². The second-order valence-corrected chi connectivity index (χ2v) is 9.19. The molecule has 0 unspecified atom stereocenters. The number of aromatic amines is 1. The Bertz CT molecular complexity index is 842. The number of piperidine rings is 1. The van der Waals surface area contributed by atoms with Gasteiger partial charge in [-0.1, -0.05) is 13.8 Å². The smallest absolute Gasteiger partial charge is 0.215 e. The molecule has 0 spiro atoms. The summed E-state index contributed by atoms with van der Waals surface area (Å²) in [7, 11) is 1.73. The van der Waals surface area contributed by atoms with Crippen molar-refractivity contribution in [2.24, 2.45) is 5.41 Å². The minimum absolute atomic E-state index is 0.283. The Kier molecular flexibility index (Phi) is 5.88. The summed E-state index contributed by atoms with van der Waals surface area (Å²) in [4.78, 5) is 6.50. The zero-order valence-electron chi connectivity index (χ0n) is 17.7. The number of rotatable bonds is 6. The molecule has 1 aliphatic carbocycles. The van der Waals surface area contributed by atoms with Crippen molar-refractivity contribution < 1.29 is 9.13 Å². The molecular formula is C22H32FN5O. The van der Waals surface area contributed by atoms with Crippen LogP contribution in [0.3, 0.4) is 0 Å². The lowest BCUT2D eigenvalue weighted by Crippen LogP contribution is -2.40. The van der Waals surface area contributed by atoms with Crippen LogP contribution in [0.2, 0.25) is 0 Å². The molecule has 0 saturated carbocycles. The van der Waals surface area contributed by atoms with E-state index in [4.69, 9.17) is 4.74 Å². The van der Waals surface area contributed by atoms with Gasteiger partial charge < -0.3 is 15.0 Å². The van der Waals surface area contributed by atoms with Crippen LogP contribution in [0.5, 0.6) is 0 Å². The van der Waals surface area contributed by atoms with E-state index < -0.39 is 5.95 Å². The number of halogens is 1. The molecule has 6 nitrogen and oxygen atoms in total. The predicted molar refractivity (Wildman–Crippen MR) is 113 cm³/mol. The molecule has 0 radical (unpaired) electrons. The average Bonchev–Trinajstić information content (AvgIpc) is 3.09. The molecule has 2 N–H and O–H groups in total. The molecule has 29 heavy (non-hydrogen) atoms. The molecule has 2 aliphatic rings. The highest BCUT2D eigenvalue weighted by molar-refractivity contribution is 5.67. The highest BCUT2D eigenvalue weighted by Gasteiger charge is 2.29. The largest absolute Gasteiger partial charge is 0.383 e. The summed E-state index contributed by atoms with van der Waals surface area (Å²) in [6, 6.07) is 3.75. The van der Waals surface area contributed by atoms with E-state index in [0.717, 1.165) is 69.6 Å². The monoisotopic (exact) mass is 401 g/mol. The summed E-state index contributed by atoms with van der Waals surface area (Å²) in [5, 5.41) is 11.2. The minimum atomic E-state index is -0.463. The van der Waals surface area contributed by atoms with Crippen LogP contribution in [0.1, 0.15) is 44.4 Å². The van der Waals surface area contributed by atoms with Crippen LogP contribution in [0.4, 0.5) is 10.2 Å². The van der Waals surface area contributed by atoms with E-state index in [-0.39, 0.29) is 5.41 Å². The van der Waals surface area contributed by atoms with Gasteiger partial charge in [0.1, 0.15) is 5.82 Å². The number of H-pyrrole nitrogens is 1. The summed E-state index contributed by atoms with van der Waals surface area (Å²) >= 11 is 0. The van der Waals surface area contributed by atoms with Gasteiger partial charge in [-0.3, -0.25) is 5.10 Å². The Morgan fingerprint density at radius 1 is 1.31 bits per heavy atom. The maximum Gasteiger partial charge on any atom is 0.215 e. The minimum Gasteiger partial charge on any atom is -0.383 e. The van der Waals surface area contributed by atoms with Gasteiger partial charge in [0.15, 0.2) is 0 Å². The number of hydrogen-bond donors (Lipinski definition) is 2. The lowest BCUT2D eigenvalue weighted by Gasteiger charge is -2.32. The number of pyridine rings is 1. The summed E-state index contributed by atoms with van der Waals surface area (Å²) in [6.45, 7) is 8.33. The second kappa shape index (κ2) is 8.40. The first-order valence-corrected chi connectivity index (χ1v) is 10.7. The van der Waals surface area contributed by atoms with Gasteiger partial charge in [-0.2, -0.15) is 9.49 Å². The number of nitrogens with zero attached hydrogens (tertiary/aromatic N) is 3. The molecular weight excluding hydrogens is 369 g/mol. The predicted octanol–water partition coefficient (Wildman–Crippen LogP) is 3.65. The molecule has 0 atom stereocenters. The number of hydrogen-bond acceptors (Lipinski definition) is 5. The third-order valence-corrected chi connectivity index (χ3v) is 6.28. The lowest BCUT2D eigenvalue weighted by atomic mass is 9.76. The van der Waals surface area contributed by atoms with Crippen LogP contribution in [0, 0.1) is 11.4 Å². The standard InChI is InChI=1S/C22H32FN5O/c1-22(2)7-4-17-18(14-22)26-27-21(17)15-12-19(23)25-20(13-15)24-16-5-8-28(9-6-16)10-11-29-3/h12-13,16H,4-11,14H2,1-3H3,(H,24,25)(H,26,27). The maximum absolute atomic E-state index is 14.3. The number of anilines is 1. The number of ether oxygens (including phenoxy) is 1. The maximum atomic E-state index is 14.3. The van der Waals surface area contributed by atoms with E-state index in [1.54, 1.807) is 7.11 Å². The Morgan fingerprint density at radius 2 is 2.10 bits per heavy atom. The van der Waals surface area contributed by atoms with Gasteiger partial charge in [0, 0.05) is 55.7 Å². The number of aromatic nitrogens is 3. The molecule has 0 bridgehead atoms. The van der Waals surface area contributed by atoms with Crippen LogP contribution >= 0.6 is 0 Å². The molecule has 158 valence electrons. The van der Waals surface area contributed by atoms with E-state index in [1.165, 1.54) is 17.3 Å². The normalized spacial score (nSPS) is 19.9. The topological polar surface area (TPSA) is 66.1 Å². The third-order valence-electron chi connectivity index (χ3n) is 6.28. The third kappa shape index (κ3) is 4.78. The van der Waals surface area contributed by atoms with E-state index in [9.17, 15) is 4.39 Å². The van der Waals surface area contributed by atoms with Crippen molar-refractivity contribution in [3.8, 4) is 11.3 Å². The highest BCUT2D eigenvalue weighted by Crippen LogP contribution is 2.38. The SMILES string of the molecule is COCCN1CCC(Nc2cc(-c3n[nH]c4c3CCC(C)(C)C4)cc(F)n2)CC1. The fraction of sp³-hybridized carbons (Fsp3) is 0.636. The van der Waals surface area contributed by atoms with Crippen molar-refractivity contribution in [1.29, 1.82) is 0 Å². The first-order valence-electron chi connectivity index (χ1n) is 10.7. The Morgan fingerprint density at radius 3 is 2.86 bits per heavy atom. The Balaban J connectivity index is 1.46. The van der Waals surface area contributed by atoms with Gasteiger partial charge in [-0.25, -0.2) is 4.98 Å². The molecule has 0 aromatic carbocycles. The van der Waals surface area contributed by atoms with Gasteiger partial charge in [-0.05, 0) is 43.6 Å². The zero-order valence-corrected chi connectivity index (χ0v) is 17.7. The van der Waals surface area contributed by atoms with Crippen LogP contribution in [-0.2, 0) is 17.6 Å². The fourth-order valence-corrected chi connectivity index (χ4v) is 4.52. The second-order valence-electron chi connectivity index (χ2n) is 9.19. The summed E-state index contributed by atoms with van der Waals surface area (Å²) in [5.74, 6) is 0.138. The number of nitrogens with one attached hydrogen (secondary N) is 2. The molecule has 2 aromatic heterocycles. The molecule has 1 saturated heterocycles. The average molecular weight is 402 g/mol. The van der Waals surface area contributed by atoms with Crippen molar-refractivity contribution in [3.05, 3.63) is 29.3 Å². The van der Waals surface area contributed by atoms with Crippen molar-refractivity contribution in [2.75, 3.05) is 38.7 Å². The van der Waals surface area contributed by atoms with Gasteiger partial charge in [-0.15, -0.1) is 0 Å². The van der Waals surface area contributed by atoms with Crippen molar-refractivity contribution in [3.63, 3.8) is 0 Å². The fourth-order valence-electron chi connectivity index (χ4n) is 4.52. The quantitative estimate of drug-likeness (QED) is 0.724. The molecule has 7 heteroatoms. The summed E-state index contributed by atoms with van der Waals surface area (Å²) in [6.07, 6.45) is 5.11. The number of fused-ring (bicyclic) bond motifs is 1. The molecule has 1 fully saturated rings. The van der Waals surface area contributed by atoms with Gasteiger partial charge in [0.2, 0.25) is 5.95 Å². The summed E-state index contributed by atoms with van der Waals surface area (Å²) in [5.41, 5.74) is 4.37. The first kappa shape index (κ1) is 20.3. The van der Waals surface area contributed by atoms with E-state index in [1.807, 2.05) is 6.07 Å². The summed E-state index contributed by atoms with van der Waals surface area (Å²) < 4.78 is 19.5. The number of methoxy groups -OCH3 is 1. The number of likely N-dealkylation sites (tertiary alicyclic amines) is 1. The Hall–Kier alpha value is -1.99. The highest BCUT2D eigenvalue weighted by atomic mass is 19.1. The zero-order chi connectivity index (χ0) is 20.4.